The second-order valence-corrected chi connectivity index (χ2v) is 6.26. The van der Waals surface area contributed by atoms with Crippen LogP contribution in [0.2, 0.25) is 0 Å². The number of carbonyl (C=O) groups is 1. The fourth-order valence-electron chi connectivity index (χ4n) is 3.19. The maximum atomic E-state index is 12.7. The first-order valence-electron chi connectivity index (χ1n) is 8.70. The smallest absolute Gasteiger partial charge is 0.332 e. The van der Waals surface area contributed by atoms with Crippen LogP contribution in [0.15, 0.2) is 53.3 Å². The van der Waals surface area contributed by atoms with Crippen LogP contribution in [0.1, 0.15) is 23.0 Å². The third kappa shape index (κ3) is 2.81. The number of carbonyl (C=O) groups excluding carboxylic acids is 1. The second-order valence-electron chi connectivity index (χ2n) is 6.26. The number of nitrogens with zero attached hydrogens (tertiary/aromatic N) is 3. The first kappa shape index (κ1) is 17.5. The van der Waals surface area contributed by atoms with Gasteiger partial charge in [0.1, 0.15) is 11.3 Å². The first-order valence-corrected chi connectivity index (χ1v) is 8.70. The second kappa shape index (κ2) is 6.66. The maximum Gasteiger partial charge on any atom is 0.332 e. The Balaban J connectivity index is 2.09. The zero-order valence-corrected chi connectivity index (χ0v) is 15.0. The summed E-state index contributed by atoms with van der Waals surface area (Å²) >= 11 is 0. The molecule has 4 aromatic rings. The molecule has 0 aliphatic heterocycles. The fraction of sp³-hybridized carbons (Fsp3) is 0.100. The summed E-state index contributed by atoms with van der Waals surface area (Å²) in [5.74, 6) is -0.575. The zero-order chi connectivity index (χ0) is 19.8. The Labute approximate surface area is 159 Å². The number of H-pyrrole nitrogens is 1. The van der Waals surface area contributed by atoms with Crippen molar-refractivity contribution in [2.24, 2.45) is 5.73 Å². The van der Waals surface area contributed by atoms with Crippen LogP contribution in [0.3, 0.4) is 0 Å². The number of imidazole rings is 1. The van der Waals surface area contributed by atoms with Crippen LogP contribution in [0.25, 0.3) is 28.2 Å². The van der Waals surface area contributed by atoms with Crippen LogP contribution in [0, 0.1) is 0 Å². The molecule has 140 valence electrons. The summed E-state index contributed by atoms with van der Waals surface area (Å²) in [6, 6.07) is 13.8. The van der Waals surface area contributed by atoms with Gasteiger partial charge in [0.25, 0.3) is 5.91 Å². The van der Waals surface area contributed by atoms with Crippen molar-refractivity contribution >= 4 is 17.1 Å². The van der Waals surface area contributed by atoms with Crippen molar-refractivity contribution in [3.05, 3.63) is 70.3 Å². The van der Waals surface area contributed by atoms with Crippen LogP contribution in [-0.2, 0) is 6.42 Å². The molecule has 0 atom stereocenters. The number of rotatable bonds is 4. The van der Waals surface area contributed by atoms with Gasteiger partial charge in [-0.2, -0.15) is 0 Å². The van der Waals surface area contributed by atoms with Gasteiger partial charge in [0, 0.05) is 5.56 Å². The van der Waals surface area contributed by atoms with Gasteiger partial charge in [0.05, 0.1) is 5.69 Å². The Kier molecular flexibility index (Phi) is 4.15. The van der Waals surface area contributed by atoms with E-state index in [9.17, 15) is 14.7 Å². The van der Waals surface area contributed by atoms with Crippen LogP contribution >= 0.6 is 0 Å². The van der Waals surface area contributed by atoms with E-state index in [-0.39, 0.29) is 28.4 Å². The number of hydrogen-bond acceptors (Lipinski definition) is 5. The molecule has 0 fully saturated rings. The number of benzene rings is 2. The quantitative estimate of drug-likeness (QED) is 0.504. The molecule has 2 heterocycles. The molecule has 2 aromatic heterocycles. The van der Waals surface area contributed by atoms with Crippen molar-refractivity contribution < 1.29 is 9.90 Å². The van der Waals surface area contributed by atoms with Gasteiger partial charge in [0.2, 0.25) is 0 Å². The number of aromatic hydroxyl groups is 1. The first-order chi connectivity index (χ1) is 13.5. The number of phenols is 1. The van der Waals surface area contributed by atoms with Gasteiger partial charge < -0.3 is 15.8 Å². The number of phenolic OH excluding ortho intramolecular Hbond substituents is 1. The molecule has 4 N–H and O–H groups in total. The van der Waals surface area contributed by atoms with Crippen LogP contribution in [-0.4, -0.2) is 30.5 Å². The van der Waals surface area contributed by atoms with Crippen molar-refractivity contribution in [1.82, 2.24) is 19.5 Å². The number of fused-ring (bicyclic) bond motifs is 1. The van der Waals surface area contributed by atoms with E-state index in [2.05, 4.69) is 15.0 Å². The Morgan fingerprint density at radius 1 is 1.18 bits per heavy atom. The Hall–Kier alpha value is -3.94. The fourth-order valence-corrected chi connectivity index (χ4v) is 3.19. The lowest BCUT2D eigenvalue weighted by Crippen LogP contribution is -2.16. The molecule has 2 aromatic carbocycles. The normalized spacial score (nSPS) is 11.0. The molecule has 0 spiro atoms. The Morgan fingerprint density at radius 3 is 2.68 bits per heavy atom. The summed E-state index contributed by atoms with van der Waals surface area (Å²) in [6.07, 6.45) is 0.711. The maximum absolute atomic E-state index is 12.7. The summed E-state index contributed by atoms with van der Waals surface area (Å²) in [6.45, 7) is 1.99. The standard InChI is InChI=1S/C20H17N5O3/c1-2-11-6-3-4-9-14(11)25-19-16(23-20(25)28)15(17(21)27)22-18(24-19)12-7-5-8-13(26)10-12/h3-10,26H,2H2,1H3,(H2,21,27)(H,23,28). The summed E-state index contributed by atoms with van der Waals surface area (Å²) < 4.78 is 1.41. The highest BCUT2D eigenvalue weighted by Gasteiger charge is 2.21. The monoisotopic (exact) mass is 375 g/mol. The van der Waals surface area contributed by atoms with E-state index in [4.69, 9.17) is 5.73 Å². The topological polar surface area (TPSA) is 127 Å². The number of aromatic nitrogens is 4. The van der Waals surface area contributed by atoms with E-state index in [1.807, 2.05) is 31.2 Å². The molecule has 1 amide bonds. The highest BCUT2D eigenvalue weighted by atomic mass is 16.3. The van der Waals surface area contributed by atoms with Crippen molar-refractivity contribution in [2.75, 3.05) is 0 Å². The van der Waals surface area contributed by atoms with Crippen LogP contribution in [0.5, 0.6) is 5.75 Å². The molecule has 0 aliphatic carbocycles. The number of aromatic amines is 1. The highest BCUT2D eigenvalue weighted by molar-refractivity contribution is 6.02. The van der Waals surface area contributed by atoms with E-state index >= 15 is 0 Å². The lowest BCUT2D eigenvalue weighted by atomic mass is 10.1. The molecule has 0 aliphatic rings. The largest absolute Gasteiger partial charge is 0.508 e. The number of hydrogen-bond donors (Lipinski definition) is 3. The number of amides is 1. The highest BCUT2D eigenvalue weighted by Crippen LogP contribution is 2.25. The van der Waals surface area contributed by atoms with E-state index < -0.39 is 11.6 Å². The lowest BCUT2D eigenvalue weighted by Gasteiger charge is -2.10. The lowest BCUT2D eigenvalue weighted by molar-refractivity contribution is 0.0997. The van der Waals surface area contributed by atoms with Crippen molar-refractivity contribution in [1.29, 1.82) is 0 Å². The number of primary amides is 1. The van der Waals surface area contributed by atoms with Crippen molar-refractivity contribution in [3.63, 3.8) is 0 Å². The number of nitrogens with one attached hydrogen (secondary N) is 1. The molecular weight excluding hydrogens is 358 g/mol. The Morgan fingerprint density at radius 2 is 1.96 bits per heavy atom. The molecule has 28 heavy (non-hydrogen) atoms. The minimum atomic E-state index is -0.786. The zero-order valence-electron chi connectivity index (χ0n) is 15.0. The van der Waals surface area contributed by atoms with Crippen LogP contribution < -0.4 is 11.4 Å². The molecular formula is C20H17N5O3. The van der Waals surface area contributed by atoms with Gasteiger partial charge in [-0.25, -0.2) is 19.3 Å². The van der Waals surface area contributed by atoms with Gasteiger partial charge in [-0.1, -0.05) is 37.3 Å². The third-order valence-electron chi connectivity index (χ3n) is 4.49. The predicted molar refractivity (Wildman–Crippen MR) is 104 cm³/mol. The number of para-hydroxylation sites is 1. The minimum Gasteiger partial charge on any atom is -0.508 e. The molecule has 4 rings (SSSR count). The molecule has 0 radical (unpaired) electrons. The summed E-state index contributed by atoms with van der Waals surface area (Å²) in [7, 11) is 0. The molecule has 0 saturated carbocycles. The molecule has 0 saturated heterocycles. The summed E-state index contributed by atoms with van der Waals surface area (Å²) in [5, 5.41) is 9.76. The molecule has 0 bridgehead atoms. The molecule has 8 heteroatoms. The van der Waals surface area contributed by atoms with Gasteiger partial charge in [-0.05, 0) is 30.2 Å². The minimum absolute atomic E-state index is 0.0320. The average molecular weight is 375 g/mol. The summed E-state index contributed by atoms with van der Waals surface area (Å²) in [4.78, 5) is 36.1. The van der Waals surface area contributed by atoms with Crippen LogP contribution in [0.4, 0.5) is 0 Å². The predicted octanol–water partition coefficient (Wildman–Crippen LogP) is 2.14. The Bertz CT molecular complexity index is 1270. The SMILES string of the molecule is CCc1ccccc1-n1c(=O)[nH]c2c(C(N)=O)nc(-c3cccc(O)c3)nc21. The van der Waals surface area contributed by atoms with Gasteiger partial charge in [-0.15, -0.1) is 0 Å². The third-order valence-corrected chi connectivity index (χ3v) is 4.49. The average Bonchev–Trinajstić information content (AvgIpc) is 3.02. The number of aryl methyl sites for hydroxylation is 1. The van der Waals surface area contributed by atoms with E-state index in [1.54, 1.807) is 12.1 Å². The van der Waals surface area contributed by atoms with Crippen molar-refractivity contribution in [2.45, 2.75) is 13.3 Å². The number of nitrogens with two attached hydrogens (primary N) is 1. The van der Waals surface area contributed by atoms with Gasteiger partial charge >= 0.3 is 5.69 Å². The molecule has 8 nitrogen and oxygen atoms in total. The van der Waals surface area contributed by atoms with Crippen molar-refractivity contribution in [3.8, 4) is 22.8 Å². The van der Waals surface area contributed by atoms with Gasteiger partial charge in [0.15, 0.2) is 17.2 Å². The van der Waals surface area contributed by atoms with E-state index in [0.29, 0.717) is 17.7 Å². The van der Waals surface area contributed by atoms with E-state index in [0.717, 1.165) is 5.56 Å². The molecule has 0 unspecified atom stereocenters. The summed E-state index contributed by atoms with van der Waals surface area (Å²) in [5.41, 5.74) is 7.49. The van der Waals surface area contributed by atoms with E-state index in [1.165, 1.54) is 16.7 Å². The van der Waals surface area contributed by atoms with Gasteiger partial charge in [-0.3, -0.25) is 4.79 Å².